The molecule has 6 rings (SSSR count). The van der Waals surface area contributed by atoms with Gasteiger partial charge in [-0.2, -0.15) is 0 Å². The van der Waals surface area contributed by atoms with Gasteiger partial charge in [0, 0.05) is 36.2 Å². The topological polar surface area (TPSA) is 48.5 Å². The van der Waals surface area contributed by atoms with Crippen molar-refractivity contribution in [3.8, 4) is 5.75 Å². The molecule has 0 radical (unpaired) electrons. The summed E-state index contributed by atoms with van der Waals surface area (Å²) in [5.74, 6) is 1.82. The number of benzene rings is 1. The minimum Gasteiger partial charge on any atom is -0.495 e. The number of methoxy groups -OCH3 is 1. The molecule has 3 fully saturated rings. The maximum atomic E-state index is 10.1. The van der Waals surface area contributed by atoms with E-state index in [4.69, 9.17) is 4.74 Å². The number of para-hydroxylation sites is 1. The fourth-order valence-corrected chi connectivity index (χ4v) is 5.53. The monoisotopic (exact) mass is 324 g/mol. The zero-order chi connectivity index (χ0) is 16.4. The average Bonchev–Trinajstić information content (AvgIpc) is 3.00. The molecule has 1 aromatic heterocycles. The Labute approximate surface area is 142 Å². The largest absolute Gasteiger partial charge is 0.495 e. The highest BCUT2D eigenvalue weighted by Gasteiger charge is 2.52. The lowest BCUT2D eigenvalue weighted by Crippen LogP contribution is -2.60. The smallest absolute Gasteiger partial charge is 0.142 e. The van der Waals surface area contributed by atoms with Crippen molar-refractivity contribution < 1.29 is 9.84 Å². The van der Waals surface area contributed by atoms with E-state index < -0.39 is 0 Å². The second kappa shape index (κ2) is 5.11. The Morgan fingerprint density at radius 1 is 1.42 bits per heavy atom. The highest BCUT2D eigenvalue weighted by atomic mass is 16.5. The molecule has 3 saturated heterocycles. The maximum absolute atomic E-state index is 10.1. The van der Waals surface area contributed by atoms with E-state index in [0.29, 0.717) is 23.9 Å². The number of aromatic amines is 1. The molecule has 0 saturated carbocycles. The molecule has 4 heteroatoms. The maximum Gasteiger partial charge on any atom is 0.142 e. The molecule has 4 aliphatic rings. The SMILES string of the molecule is CC=C1CN2C3CC1C(CO)C2Cc1c3[nH]c2c(OC)cccc12. The number of fused-ring (bicyclic) bond motifs is 4. The molecule has 5 atom stereocenters. The summed E-state index contributed by atoms with van der Waals surface area (Å²) in [5.41, 5.74) is 5.46. The van der Waals surface area contributed by atoms with Crippen LogP contribution in [-0.2, 0) is 6.42 Å². The van der Waals surface area contributed by atoms with Gasteiger partial charge in [-0.1, -0.05) is 23.8 Å². The number of aromatic nitrogens is 1. The van der Waals surface area contributed by atoms with Crippen LogP contribution in [0.3, 0.4) is 0 Å². The van der Waals surface area contributed by atoms with Crippen molar-refractivity contribution in [3.05, 3.63) is 41.1 Å². The van der Waals surface area contributed by atoms with Crippen molar-refractivity contribution in [3.63, 3.8) is 0 Å². The van der Waals surface area contributed by atoms with E-state index in [-0.39, 0.29) is 6.61 Å². The van der Waals surface area contributed by atoms with Gasteiger partial charge in [-0.3, -0.25) is 4.90 Å². The van der Waals surface area contributed by atoms with Crippen LogP contribution < -0.4 is 4.74 Å². The predicted molar refractivity (Wildman–Crippen MR) is 94.2 cm³/mol. The van der Waals surface area contributed by atoms with Crippen molar-refractivity contribution >= 4 is 10.9 Å². The molecule has 1 aromatic carbocycles. The van der Waals surface area contributed by atoms with Crippen LogP contribution in [0, 0.1) is 11.8 Å². The molecular weight excluding hydrogens is 300 g/mol. The fraction of sp³-hybridized carbons (Fsp3) is 0.500. The number of ether oxygens (including phenoxy) is 1. The first-order chi connectivity index (χ1) is 11.8. The molecule has 4 aliphatic heterocycles. The number of rotatable bonds is 2. The lowest BCUT2D eigenvalue weighted by molar-refractivity contribution is -0.0503. The molecule has 2 aromatic rings. The van der Waals surface area contributed by atoms with Crippen molar-refractivity contribution in [1.82, 2.24) is 9.88 Å². The zero-order valence-electron chi connectivity index (χ0n) is 14.2. The van der Waals surface area contributed by atoms with Crippen LogP contribution in [0.4, 0.5) is 0 Å². The molecule has 0 amide bonds. The Hall–Kier alpha value is -1.78. The molecule has 0 spiro atoms. The fourth-order valence-electron chi connectivity index (χ4n) is 5.53. The molecule has 4 nitrogen and oxygen atoms in total. The number of nitrogens with zero attached hydrogens (tertiary/aromatic N) is 1. The number of allylic oxidation sites excluding steroid dienone is 1. The first kappa shape index (κ1) is 14.6. The van der Waals surface area contributed by atoms with Gasteiger partial charge in [0.25, 0.3) is 0 Å². The first-order valence-corrected chi connectivity index (χ1v) is 8.96. The molecule has 24 heavy (non-hydrogen) atoms. The van der Waals surface area contributed by atoms with Gasteiger partial charge >= 0.3 is 0 Å². The van der Waals surface area contributed by atoms with Gasteiger partial charge in [0.05, 0.1) is 18.7 Å². The number of nitrogens with one attached hydrogen (secondary N) is 1. The van der Waals surface area contributed by atoms with Crippen LogP contribution in [0.25, 0.3) is 10.9 Å². The van der Waals surface area contributed by atoms with Crippen LogP contribution in [-0.4, -0.2) is 41.3 Å². The van der Waals surface area contributed by atoms with Gasteiger partial charge in [0.15, 0.2) is 0 Å². The Morgan fingerprint density at radius 3 is 3.04 bits per heavy atom. The van der Waals surface area contributed by atoms with Gasteiger partial charge in [0.2, 0.25) is 0 Å². The van der Waals surface area contributed by atoms with Gasteiger partial charge in [-0.25, -0.2) is 0 Å². The van der Waals surface area contributed by atoms with Gasteiger partial charge in [-0.05, 0) is 37.3 Å². The quantitative estimate of drug-likeness (QED) is 0.835. The molecule has 4 bridgehead atoms. The van der Waals surface area contributed by atoms with E-state index in [1.165, 1.54) is 22.2 Å². The van der Waals surface area contributed by atoms with E-state index in [9.17, 15) is 5.11 Å². The summed E-state index contributed by atoms with van der Waals surface area (Å²) >= 11 is 0. The molecule has 5 unspecified atom stereocenters. The van der Waals surface area contributed by atoms with Crippen LogP contribution in [0.15, 0.2) is 29.8 Å². The predicted octanol–water partition coefficient (Wildman–Crippen LogP) is 3.03. The number of hydrogen-bond donors (Lipinski definition) is 2. The van der Waals surface area contributed by atoms with Gasteiger partial charge in [0.1, 0.15) is 5.75 Å². The molecule has 0 aliphatic carbocycles. The molecule has 2 N–H and O–H groups in total. The van der Waals surface area contributed by atoms with E-state index in [2.05, 4.69) is 35.0 Å². The standard InChI is InChI=1S/C20H24N2O2/c1-3-11-9-22-16-8-14-12-5-4-6-18(24-2)20(12)21-19(14)17(22)7-13(11)15(16)10-23/h3-6,13,15-17,21,23H,7-10H2,1-2H3. The highest BCUT2D eigenvalue weighted by molar-refractivity contribution is 5.90. The van der Waals surface area contributed by atoms with Crippen molar-refractivity contribution in [2.75, 3.05) is 20.3 Å². The Bertz CT molecular complexity index is 838. The van der Waals surface area contributed by atoms with Crippen molar-refractivity contribution in [2.45, 2.75) is 31.8 Å². The molecule has 5 heterocycles. The highest BCUT2D eigenvalue weighted by Crippen LogP contribution is 2.54. The van der Waals surface area contributed by atoms with Crippen LogP contribution >= 0.6 is 0 Å². The van der Waals surface area contributed by atoms with E-state index in [1.807, 2.05) is 6.07 Å². The van der Waals surface area contributed by atoms with Crippen molar-refractivity contribution in [2.24, 2.45) is 11.8 Å². The third-order valence-corrected chi connectivity index (χ3v) is 6.64. The second-order valence-corrected chi connectivity index (χ2v) is 7.41. The summed E-state index contributed by atoms with van der Waals surface area (Å²) < 4.78 is 5.56. The Morgan fingerprint density at radius 2 is 2.29 bits per heavy atom. The third-order valence-electron chi connectivity index (χ3n) is 6.64. The van der Waals surface area contributed by atoms with Crippen LogP contribution in [0.2, 0.25) is 0 Å². The van der Waals surface area contributed by atoms with Crippen molar-refractivity contribution in [1.29, 1.82) is 0 Å². The lowest BCUT2D eigenvalue weighted by atomic mass is 9.64. The van der Waals surface area contributed by atoms with Crippen LogP contribution in [0.1, 0.15) is 30.6 Å². The van der Waals surface area contributed by atoms with E-state index >= 15 is 0 Å². The second-order valence-electron chi connectivity index (χ2n) is 7.41. The average molecular weight is 324 g/mol. The number of piperidine rings is 3. The molecule has 126 valence electrons. The summed E-state index contributed by atoms with van der Waals surface area (Å²) in [6.45, 7) is 3.48. The number of aliphatic hydroxyl groups is 1. The van der Waals surface area contributed by atoms with E-state index in [1.54, 1.807) is 7.11 Å². The normalized spacial score (nSPS) is 35.5. The summed E-state index contributed by atoms with van der Waals surface area (Å²) in [4.78, 5) is 6.32. The minimum absolute atomic E-state index is 0.289. The summed E-state index contributed by atoms with van der Waals surface area (Å²) in [6, 6.07) is 7.21. The zero-order valence-corrected chi connectivity index (χ0v) is 14.2. The lowest BCUT2D eigenvalue weighted by Gasteiger charge is -2.58. The third kappa shape index (κ3) is 1.70. The van der Waals surface area contributed by atoms with E-state index in [0.717, 1.165) is 30.7 Å². The van der Waals surface area contributed by atoms with Gasteiger partial charge in [-0.15, -0.1) is 0 Å². The Balaban J connectivity index is 1.68. The number of H-pyrrole nitrogens is 1. The number of aliphatic hydroxyl groups excluding tert-OH is 1. The Kier molecular flexibility index (Phi) is 3.10. The summed E-state index contributed by atoms with van der Waals surface area (Å²) in [6.07, 6.45) is 4.41. The molecular formula is C20H24N2O2. The van der Waals surface area contributed by atoms with Crippen LogP contribution in [0.5, 0.6) is 5.75 Å². The summed E-state index contributed by atoms with van der Waals surface area (Å²) in [5, 5.41) is 11.3. The first-order valence-electron chi connectivity index (χ1n) is 8.96. The summed E-state index contributed by atoms with van der Waals surface area (Å²) in [7, 11) is 1.73. The minimum atomic E-state index is 0.289. The number of hydrogen-bond acceptors (Lipinski definition) is 3. The van der Waals surface area contributed by atoms with Gasteiger partial charge < -0.3 is 14.8 Å².